The van der Waals surface area contributed by atoms with Crippen LogP contribution in [0.4, 0.5) is 11.4 Å². The smallest absolute Gasteiger partial charge is 0.407 e. The largest absolute Gasteiger partial charge is 0.419 e. The molecule has 0 saturated carbocycles. The molecule has 3 aromatic rings. The zero-order valence-electron chi connectivity index (χ0n) is 15.3. The van der Waals surface area contributed by atoms with Crippen molar-refractivity contribution < 1.29 is 14.1 Å². The summed E-state index contributed by atoms with van der Waals surface area (Å²) in [5, 5.41) is 10.9. The van der Waals surface area contributed by atoms with Crippen molar-refractivity contribution >= 4 is 28.4 Å². The molecular weight excluding hydrogens is 362 g/mol. The molecule has 1 amide bonds. The molecule has 2 heterocycles. The van der Waals surface area contributed by atoms with Crippen molar-refractivity contribution in [2.24, 2.45) is 0 Å². The third kappa shape index (κ3) is 3.06. The zero-order valence-corrected chi connectivity index (χ0v) is 15.3. The SMILES string of the molecule is C[C@H]1Cc2ccccc2N1C(=O)CCCn1c(=O)oc2cc([N+](=O)[O-])ccc21. The Morgan fingerprint density at radius 3 is 2.86 bits per heavy atom. The Morgan fingerprint density at radius 2 is 2.07 bits per heavy atom. The van der Waals surface area contributed by atoms with Crippen LogP contribution >= 0.6 is 0 Å². The normalized spacial score (nSPS) is 15.8. The molecule has 8 nitrogen and oxygen atoms in total. The first-order chi connectivity index (χ1) is 13.5. The lowest BCUT2D eigenvalue weighted by Gasteiger charge is -2.22. The summed E-state index contributed by atoms with van der Waals surface area (Å²) in [6.45, 7) is 2.33. The number of aryl methyl sites for hydroxylation is 1. The summed E-state index contributed by atoms with van der Waals surface area (Å²) < 4.78 is 6.53. The number of nitro groups is 1. The van der Waals surface area contributed by atoms with Crippen LogP contribution in [0, 0.1) is 10.1 Å². The second-order valence-corrected chi connectivity index (χ2v) is 6.98. The van der Waals surface area contributed by atoms with Crippen molar-refractivity contribution in [3.63, 3.8) is 0 Å². The van der Waals surface area contributed by atoms with E-state index in [4.69, 9.17) is 4.42 Å². The van der Waals surface area contributed by atoms with Gasteiger partial charge < -0.3 is 9.32 Å². The summed E-state index contributed by atoms with van der Waals surface area (Å²) >= 11 is 0. The van der Waals surface area contributed by atoms with E-state index in [1.165, 1.54) is 28.3 Å². The number of non-ortho nitro benzene ring substituents is 1. The van der Waals surface area contributed by atoms with Crippen molar-refractivity contribution in [3.8, 4) is 0 Å². The minimum atomic E-state index is -0.581. The zero-order chi connectivity index (χ0) is 19.8. The Morgan fingerprint density at radius 1 is 1.29 bits per heavy atom. The number of fused-ring (bicyclic) bond motifs is 2. The van der Waals surface area contributed by atoms with Crippen LogP contribution in [0.15, 0.2) is 51.7 Å². The first-order valence-electron chi connectivity index (χ1n) is 9.13. The average Bonchev–Trinajstić information content (AvgIpc) is 3.16. The van der Waals surface area contributed by atoms with E-state index in [0.29, 0.717) is 24.9 Å². The fraction of sp³-hybridized carbons (Fsp3) is 0.300. The standard InChI is InChI=1S/C20H19N3O5/c1-13-11-14-5-2-3-6-16(14)22(13)19(24)7-4-10-21-17-9-8-15(23(26)27)12-18(17)28-20(21)25/h2-3,5-6,8-9,12-13H,4,7,10-11H2,1H3/t13-/m0/s1. The van der Waals surface area contributed by atoms with E-state index in [-0.39, 0.29) is 23.2 Å². The third-order valence-electron chi connectivity index (χ3n) is 5.11. The maximum Gasteiger partial charge on any atom is 0.419 e. The summed E-state index contributed by atoms with van der Waals surface area (Å²) in [4.78, 5) is 37.0. The number of hydrogen-bond donors (Lipinski definition) is 0. The fourth-order valence-corrected chi connectivity index (χ4v) is 3.83. The van der Waals surface area contributed by atoms with Crippen LogP contribution in [0.1, 0.15) is 25.3 Å². The molecule has 0 spiro atoms. The number of aromatic nitrogens is 1. The van der Waals surface area contributed by atoms with Gasteiger partial charge in [-0.3, -0.25) is 19.5 Å². The van der Waals surface area contributed by atoms with Crippen LogP contribution in [-0.2, 0) is 17.8 Å². The molecule has 0 unspecified atom stereocenters. The highest BCUT2D eigenvalue weighted by Crippen LogP contribution is 2.32. The van der Waals surface area contributed by atoms with Crippen LogP contribution in [0.3, 0.4) is 0 Å². The number of anilines is 1. The molecule has 0 N–H and O–H groups in total. The number of hydrogen-bond acceptors (Lipinski definition) is 5. The van der Waals surface area contributed by atoms with Crippen molar-refractivity contribution in [3.05, 3.63) is 68.7 Å². The van der Waals surface area contributed by atoms with Gasteiger partial charge in [-0.1, -0.05) is 18.2 Å². The number of para-hydroxylation sites is 1. The molecule has 28 heavy (non-hydrogen) atoms. The quantitative estimate of drug-likeness (QED) is 0.499. The molecule has 1 aliphatic heterocycles. The van der Waals surface area contributed by atoms with E-state index in [1.807, 2.05) is 36.1 Å². The average molecular weight is 381 g/mol. The highest BCUT2D eigenvalue weighted by molar-refractivity contribution is 5.96. The topological polar surface area (TPSA) is 98.6 Å². The van der Waals surface area contributed by atoms with E-state index in [9.17, 15) is 19.7 Å². The van der Waals surface area contributed by atoms with Crippen LogP contribution in [-0.4, -0.2) is 21.4 Å². The van der Waals surface area contributed by atoms with Crippen LogP contribution in [0.25, 0.3) is 11.1 Å². The summed E-state index contributed by atoms with van der Waals surface area (Å²) in [6.07, 6.45) is 1.60. The van der Waals surface area contributed by atoms with Crippen molar-refractivity contribution in [1.29, 1.82) is 0 Å². The Bertz CT molecular complexity index is 1130. The van der Waals surface area contributed by atoms with Gasteiger partial charge in [0.1, 0.15) is 0 Å². The van der Waals surface area contributed by atoms with Gasteiger partial charge in [-0.05, 0) is 37.5 Å². The van der Waals surface area contributed by atoms with E-state index in [1.54, 1.807) is 0 Å². The lowest BCUT2D eigenvalue weighted by atomic mass is 10.1. The maximum atomic E-state index is 12.8. The maximum absolute atomic E-state index is 12.8. The minimum absolute atomic E-state index is 0.0222. The minimum Gasteiger partial charge on any atom is -0.407 e. The second-order valence-electron chi connectivity index (χ2n) is 6.98. The Kier molecular flexibility index (Phi) is 4.46. The first-order valence-corrected chi connectivity index (χ1v) is 9.13. The van der Waals surface area contributed by atoms with E-state index < -0.39 is 10.7 Å². The summed E-state index contributed by atoms with van der Waals surface area (Å²) in [7, 11) is 0. The van der Waals surface area contributed by atoms with Crippen molar-refractivity contribution in [2.45, 2.75) is 38.8 Å². The number of amides is 1. The molecule has 0 fully saturated rings. The Labute approximate surface area is 160 Å². The van der Waals surface area contributed by atoms with Gasteiger partial charge in [0.2, 0.25) is 5.91 Å². The van der Waals surface area contributed by atoms with E-state index >= 15 is 0 Å². The van der Waals surface area contributed by atoms with Crippen LogP contribution in [0.2, 0.25) is 0 Å². The highest BCUT2D eigenvalue weighted by atomic mass is 16.6. The van der Waals surface area contributed by atoms with Gasteiger partial charge >= 0.3 is 5.76 Å². The van der Waals surface area contributed by atoms with Gasteiger partial charge in [0.15, 0.2) is 5.58 Å². The molecule has 1 aliphatic rings. The van der Waals surface area contributed by atoms with Gasteiger partial charge in [0.25, 0.3) is 5.69 Å². The number of oxazole rings is 1. The number of carbonyl (C=O) groups excluding carboxylic acids is 1. The number of benzene rings is 2. The number of rotatable bonds is 5. The fourth-order valence-electron chi connectivity index (χ4n) is 3.83. The molecule has 8 heteroatoms. The lowest BCUT2D eigenvalue weighted by Crippen LogP contribution is -2.35. The van der Waals surface area contributed by atoms with Gasteiger partial charge in [-0.25, -0.2) is 4.79 Å². The Hall–Kier alpha value is -3.42. The van der Waals surface area contributed by atoms with Crippen molar-refractivity contribution in [2.75, 3.05) is 4.90 Å². The van der Waals surface area contributed by atoms with Gasteiger partial charge in [0, 0.05) is 30.8 Å². The molecule has 0 saturated heterocycles. The second kappa shape index (κ2) is 6.95. The molecule has 0 bridgehead atoms. The predicted octanol–water partition coefficient (Wildman–Crippen LogP) is 3.26. The van der Waals surface area contributed by atoms with Crippen LogP contribution in [0.5, 0.6) is 0 Å². The van der Waals surface area contributed by atoms with Gasteiger partial charge in [-0.15, -0.1) is 0 Å². The Balaban J connectivity index is 1.47. The molecule has 1 atom stereocenters. The molecule has 4 rings (SSSR count). The number of nitrogens with zero attached hydrogens (tertiary/aromatic N) is 3. The van der Waals surface area contributed by atoms with Gasteiger partial charge in [0.05, 0.1) is 16.5 Å². The molecule has 2 aromatic carbocycles. The summed E-state index contributed by atoms with van der Waals surface area (Å²) in [5.41, 5.74) is 2.65. The van der Waals surface area contributed by atoms with E-state index in [0.717, 1.165) is 12.1 Å². The van der Waals surface area contributed by atoms with E-state index in [2.05, 4.69) is 0 Å². The third-order valence-corrected chi connectivity index (χ3v) is 5.11. The number of nitro benzene ring substituents is 1. The molecule has 0 aliphatic carbocycles. The first kappa shape index (κ1) is 18.0. The van der Waals surface area contributed by atoms with Crippen molar-refractivity contribution in [1.82, 2.24) is 4.57 Å². The molecule has 0 radical (unpaired) electrons. The highest BCUT2D eigenvalue weighted by Gasteiger charge is 2.30. The molecular formula is C20H19N3O5. The summed E-state index contributed by atoms with van der Waals surface area (Å²) in [6, 6.07) is 12.1. The van der Waals surface area contributed by atoms with Crippen LogP contribution < -0.4 is 10.7 Å². The lowest BCUT2D eigenvalue weighted by molar-refractivity contribution is -0.384. The van der Waals surface area contributed by atoms with Gasteiger partial charge in [-0.2, -0.15) is 0 Å². The molecule has 1 aromatic heterocycles. The molecule has 144 valence electrons. The monoisotopic (exact) mass is 381 g/mol. The number of carbonyl (C=O) groups is 1. The summed E-state index contributed by atoms with van der Waals surface area (Å²) in [5.74, 6) is -0.559. The predicted molar refractivity (Wildman–Crippen MR) is 103 cm³/mol.